The lowest BCUT2D eigenvalue weighted by Crippen LogP contribution is -2.12. The number of hydrogen-bond donors (Lipinski definition) is 2. The maximum absolute atomic E-state index is 12.5. The molecule has 1 aromatic heterocycles. The fourth-order valence-corrected chi connectivity index (χ4v) is 2.96. The number of esters is 1. The molecular weight excluding hydrogens is 288 g/mol. The number of H-pyrrole nitrogens is 1. The first kappa shape index (κ1) is 15.2. The minimum absolute atomic E-state index is 0.404. The minimum Gasteiger partial charge on any atom is -0.421 e. The van der Waals surface area contributed by atoms with E-state index in [2.05, 4.69) is 11.1 Å². The summed E-state index contributed by atoms with van der Waals surface area (Å²) in [4.78, 5) is 15.7. The van der Waals surface area contributed by atoms with Crippen LogP contribution in [0.25, 0.3) is 10.9 Å². The third-order valence-corrected chi connectivity index (χ3v) is 4.05. The Morgan fingerprint density at radius 2 is 1.65 bits per heavy atom. The van der Waals surface area contributed by atoms with Gasteiger partial charge in [-0.1, -0.05) is 12.1 Å². The summed E-state index contributed by atoms with van der Waals surface area (Å²) >= 11 is 0. The number of carbonyl (C=O) groups is 1. The molecule has 0 amide bonds. The van der Waals surface area contributed by atoms with E-state index in [0.29, 0.717) is 17.0 Å². The van der Waals surface area contributed by atoms with Crippen LogP contribution >= 0.6 is 0 Å². The molecule has 118 valence electrons. The van der Waals surface area contributed by atoms with Crippen LogP contribution in [0.5, 0.6) is 5.75 Å². The number of rotatable bonds is 2. The molecule has 23 heavy (non-hydrogen) atoms. The molecule has 0 bridgehead atoms. The van der Waals surface area contributed by atoms with Gasteiger partial charge < -0.3 is 15.5 Å². The number of ether oxygens (including phenoxy) is 1. The molecule has 0 aliphatic heterocycles. The molecule has 2 aromatic carbocycles. The minimum atomic E-state index is -0.436. The molecule has 0 aliphatic rings. The zero-order chi connectivity index (χ0) is 16.7. The molecule has 0 spiro atoms. The van der Waals surface area contributed by atoms with Gasteiger partial charge in [0.05, 0.1) is 11.1 Å². The van der Waals surface area contributed by atoms with Crippen molar-refractivity contribution in [3.05, 3.63) is 58.3 Å². The number of carbonyl (C=O) groups excluding carboxylic acids is 1. The van der Waals surface area contributed by atoms with Crippen LogP contribution in [0, 0.1) is 27.7 Å². The number of aromatic nitrogens is 1. The summed E-state index contributed by atoms with van der Waals surface area (Å²) in [7, 11) is 0. The molecule has 0 saturated carbocycles. The number of hydrogen-bond acceptors (Lipinski definition) is 3. The van der Waals surface area contributed by atoms with Crippen LogP contribution in [0.4, 0.5) is 5.69 Å². The Bertz CT molecular complexity index is 923. The number of aryl methyl sites for hydroxylation is 4. The largest absolute Gasteiger partial charge is 0.421 e. The maximum Gasteiger partial charge on any atom is 0.345 e. The molecule has 0 unspecified atom stereocenters. The topological polar surface area (TPSA) is 68.1 Å². The van der Waals surface area contributed by atoms with Gasteiger partial charge >= 0.3 is 5.97 Å². The van der Waals surface area contributed by atoms with Crippen molar-refractivity contribution in [1.29, 1.82) is 0 Å². The van der Waals surface area contributed by atoms with Crippen molar-refractivity contribution in [3.63, 3.8) is 0 Å². The van der Waals surface area contributed by atoms with E-state index in [1.807, 2.05) is 39.8 Å². The van der Waals surface area contributed by atoms with Crippen molar-refractivity contribution in [2.45, 2.75) is 27.7 Å². The van der Waals surface area contributed by atoms with E-state index in [4.69, 9.17) is 10.5 Å². The van der Waals surface area contributed by atoms with Crippen molar-refractivity contribution < 1.29 is 9.53 Å². The Morgan fingerprint density at radius 1 is 1.00 bits per heavy atom. The van der Waals surface area contributed by atoms with Crippen LogP contribution in [0.15, 0.2) is 30.5 Å². The zero-order valence-corrected chi connectivity index (χ0v) is 13.8. The Balaban J connectivity index is 2.01. The van der Waals surface area contributed by atoms with E-state index in [0.717, 1.165) is 33.2 Å². The van der Waals surface area contributed by atoms with Crippen LogP contribution in [0.2, 0.25) is 0 Å². The summed E-state index contributed by atoms with van der Waals surface area (Å²) < 4.78 is 5.60. The van der Waals surface area contributed by atoms with Gasteiger partial charge in [-0.3, -0.25) is 0 Å². The number of aromatic amines is 1. The van der Waals surface area contributed by atoms with E-state index in [9.17, 15) is 4.79 Å². The highest BCUT2D eigenvalue weighted by molar-refractivity contribution is 5.99. The second-order valence-electron chi connectivity index (χ2n) is 6.09. The van der Waals surface area contributed by atoms with Crippen LogP contribution in [-0.2, 0) is 0 Å². The molecule has 0 fully saturated rings. The monoisotopic (exact) mass is 308 g/mol. The first-order valence-electron chi connectivity index (χ1n) is 7.54. The van der Waals surface area contributed by atoms with Crippen LogP contribution < -0.4 is 10.5 Å². The molecule has 0 aliphatic carbocycles. The average molecular weight is 308 g/mol. The lowest BCUT2D eigenvalue weighted by molar-refractivity contribution is 0.0738. The van der Waals surface area contributed by atoms with Crippen molar-refractivity contribution in [1.82, 2.24) is 4.98 Å². The number of nitrogens with one attached hydrogen (secondary N) is 1. The van der Waals surface area contributed by atoms with Gasteiger partial charge in [-0.2, -0.15) is 0 Å². The first-order chi connectivity index (χ1) is 10.9. The van der Waals surface area contributed by atoms with E-state index >= 15 is 0 Å². The lowest BCUT2D eigenvalue weighted by Gasteiger charge is -2.10. The molecule has 0 saturated heterocycles. The number of fused-ring (bicyclic) bond motifs is 1. The number of anilines is 1. The van der Waals surface area contributed by atoms with Gasteiger partial charge in [-0.25, -0.2) is 4.79 Å². The van der Waals surface area contributed by atoms with Crippen molar-refractivity contribution in [3.8, 4) is 5.75 Å². The quantitative estimate of drug-likeness (QED) is 0.550. The van der Waals surface area contributed by atoms with Crippen molar-refractivity contribution in [2.75, 3.05) is 5.73 Å². The zero-order valence-electron chi connectivity index (χ0n) is 13.8. The SMILES string of the molecule is Cc1cc(C)c(N)c(C(=O)Oc2c[nH]c3c(C)cc(C)cc23)c1. The maximum atomic E-state index is 12.5. The van der Waals surface area contributed by atoms with Gasteiger partial charge in [0.2, 0.25) is 0 Å². The van der Waals surface area contributed by atoms with Gasteiger partial charge in [0.25, 0.3) is 0 Å². The van der Waals surface area contributed by atoms with Gasteiger partial charge in [0, 0.05) is 17.3 Å². The standard InChI is InChI=1S/C19H20N2O2/c1-10-5-12(3)17(20)15(8-10)19(22)23-16-9-21-18-13(4)6-11(2)7-14(16)18/h5-9,21H,20H2,1-4H3. The third kappa shape index (κ3) is 2.68. The summed E-state index contributed by atoms with van der Waals surface area (Å²) in [6.45, 7) is 7.87. The predicted octanol–water partition coefficient (Wildman–Crippen LogP) is 4.20. The summed E-state index contributed by atoms with van der Waals surface area (Å²) in [5, 5.41) is 0.902. The number of nitrogens with two attached hydrogens (primary N) is 1. The Morgan fingerprint density at radius 3 is 2.39 bits per heavy atom. The second-order valence-corrected chi connectivity index (χ2v) is 6.09. The highest BCUT2D eigenvalue weighted by Crippen LogP contribution is 2.30. The molecule has 3 N–H and O–H groups in total. The highest BCUT2D eigenvalue weighted by Gasteiger charge is 2.17. The van der Waals surface area contributed by atoms with Crippen LogP contribution in [0.3, 0.4) is 0 Å². The Hall–Kier alpha value is -2.75. The van der Waals surface area contributed by atoms with Crippen LogP contribution in [-0.4, -0.2) is 11.0 Å². The molecule has 3 aromatic rings. The molecule has 3 rings (SSSR count). The van der Waals surface area contributed by atoms with Gasteiger partial charge in [-0.05, 0) is 62.1 Å². The average Bonchev–Trinajstić information content (AvgIpc) is 2.86. The van der Waals surface area contributed by atoms with Crippen molar-refractivity contribution >= 4 is 22.6 Å². The first-order valence-corrected chi connectivity index (χ1v) is 7.54. The fourth-order valence-electron chi connectivity index (χ4n) is 2.96. The Labute approximate surface area is 135 Å². The molecule has 0 radical (unpaired) electrons. The third-order valence-electron chi connectivity index (χ3n) is 4.05. The molecule has 4 nitrogen and oxygen atoms in total. The lowest BCUT2D eigenvalue weighted by atomic mass is 10.0. The molecule has 1 heterocycles. The molecular formula is C19H20N2O2. The predicted molar refractivity (Wildman–Crippen MR) is 93.1 cm³/mol. The van der Waals surface area contributed by atoms with E-state index in [1.165, 1.54) is 0 Å². The van der Waals surface area contributed by atoms with E-state index in [1.54, 1.807) is 12.3 Å². The summed E-state index contributed by atoms with van der Waals surface area (Å²) in [5.41, 5.74) is 12.0. The summed E-state index contributed by atoms with van der Waals surface area (Å²) in [5.74, 6) is 0.0877. The molecule has 4 heteroatoms. The van der Waals surface area contributed by atoms with Gasteiger partial charge in [0.15, 0.2) is 5.75 Å². The van der Waals surface area contributed by atoms with E-state index < -0.39 is 5.97 Å². The number of benzene rings is 2. The second kappa shape index (κ2) is 5.47. The van der Waals surface area contributed by atoms with E-state index in [-0.39, 0.29) is 0 Å². The van der Waals surface area contributed by atoms with Crippen molar-refractivity contribution in [2.24, 2.45) is 0 Å². The Kier molecular flexibility index (Phi) is 3.60. The summed E-state index contributed by atoms with van der Waals surface area (Å²) in [6, 6.07) is 7.80. The van der Waals surface area contributed by atoms with Gasteiger partial charge in [0.1, 0.15) is 0 Å². The smallest absolute Gasteiger partial charge is 0.345 e. The number of nitrogen functional groups attached to an aromatic ring is 1. The summed E-state index contributed by atoms with van der Waals surface area (Å²) in [6.07, 6.45) is 1.72. The van der Waals surface area contributed by atoms with Crippen LogP contribution in [0.1, 0.15) is 32.6 Å². The molecule has 0 atom stereocenters. The normalized spacial score (nSPS) is 11.0. The fraction of sp³-hybridized carbons (Fsp3) is 0.211. The highest BCUT2D eigenvalue weighted by atomic mass is 16.5. The van der Waals surface area contributed by atoms with Gasteiger partial charge in [-0.15, -0.1) is 0 Å².